The van der Waals surface area contributed by atoms with E-state index in [1.807, 2.05) is 13.0 Å². The van der Waals surface area contributed by atoms with E-state index >= 15 is 0 Å². The number of rotatable bonds is 4. The van der Waals surface area contributed by atoms with E-state index < -0.39 is 10.0 Å². The van der Waals surface area contributed by atoms with E-state index in [2.05, 4.69) is 5.32 Å². The fourth-order valence-corrected chi connectivity index (χ4v) is 3.09. The SMILES string of the molecule is Cc1ccc(C(=O)Nc2ccc(CS(N)(=O)=O)cc2)s1. The minimum absolute atomic E-state index is 0.178. The predicted octanol–water partition coefficient (Wildman–Crippen LogP) is 2.10. The summed E-state index contributed by atoms with van der Waals surface area (Å²) in [6, 6.07) is 10.2. The molecule has 1 aromatic heterocycles. The van der Waals surface area contributed by atoms with Gasteiger partial charge in [0.2, 0.25) is 10.0 Å². The number of hydrogen-bond donors (Lipinski definition) is 2. The third kappa shape index (κ3) is 4.16. The number of thiophene rings is 1. The zero-order valence-corrected chi connectivity index (χ0v) is 12.4. The average molecular weight is 310 g/mol. The van der Waals surface area contributed by atoms with Gasteiger partial charge in [0.15, 0.2) is 0 Å². The maximum atomic E-state index is 11.9. The van der Waals surface area contributed by atoms with E-state index in [0.29, 0.717) is 16.1 Å². The number of benzene rings is 1. The summed E-state index contributed by atoms with van der Waals surface area (Å²) >= 11 is 1.42. The quantitative estimate of drug-likeness (QED) is 0.906. The van der Waals surface area contributed by atoms with E-state index in [0.717, 1.165) is 4.88 Å². The first-order valence-corrected chi connectivity index (χ1v) is 8.34. The number of primary sulfonamides is 1. The molecule has 0 aliphatic rings. The molecule has 0 bridgehead atoms. The van der Waals surface area contributed by atoms with Crippen LogP contribution in [0.3, 0.4) is 0 Å². The molecule has 0 saturated carbocycles. The Kier molecular flexibility index (Phi) is 4.22. The molecule has 0 atom stereocenters. The van der Waals surface area contributed by atoms with Crippen LogP contribution >= 0.6 is 11.3 Å². The lowest BCUT2D eigenvalue weighted by Crippen LogP contribution is -2.14. The molecule has 7 heteroatoms. The van der Waals surface area contributed by atoms with Crippen LogP contribution in [-0.4, -0.2) is 14.3 Å². The fraction of sp³-hybridized carbons (Fsp3) is 0.154. The molecule has 1 amide bonds. The van der Waals surface area contributed by atoms with Crippen molar-refractivity contribution in [1.82, 2.24) is 0 Å². The first kappa shape index (κ1) is 14.7. The van der Waals surface area contributed by atoms with Crippen LogP contribution in [0.15, 0.2) is 36.4 Å². The largest absolute Gasteiger partial charge is 0.321 e. The highest BCUT2D eigenvalue weighted by molar-refractivity contribution is 7.88. The zero-order chi connectivity index (χ0) is 14.8. The Morgan fingerprint density at radius 3 is 2.35 bits per heavy atom. The van der Waals surface area contributed by atoms with Gasteiger partial charge in [-0.05, 0) is 36.8 Å². The van der Waals surface area contributed by atoms with E-state index in [9.17, 15) is 13.2 Å². The van der Waals surface area contributed by atoms with Crippen LogP contribution in [-0.2, 0) is 15.8 Å². The van der Waals surface area contributed by atoms with E-state index in [-0.39, 0.29) is 11.7 Å². The molecule has 2 aromatic rings. The maximum Gasteiger partial charge on any atom is 0.265 e. The Morgan fingerprint density at radius 2 is 1.85 bits per heavy atom. The Morgan fingerprint density at radius 1 is 1.20 bits per heavy atom. The van der Waals surface area contributed by atoms with Crippen LogP contribution in [0.2, 0.25) is 0 Å². The number of nitrogens with two attached hydrogens (primary N) is 1. The van der Waals surface area contributed by atoms with Crippen molar-refractivity contribution in [1.29, 1.82) is 0 Å². The minimum atomic E-state index is -3.54. The van der Waals surface area contributed by atoms with Gasteiger partial charge in [-0.1, -0.05) is 12.1 Å². The van der Waals surface area contributed by atoms with Crippen molar-refractivity contribution < 1.29 is 13.2 Å². The molecule has 20 heavy (non-hydrogen) atoms. The summed E-state index contributed by atoms with van der Waals surface area (Å²) in [4.78, 5) is 13.6. The van der Waals surface area contributed by atoms with Crippen molar-refractivity contribution in [2.75, 3.05) is 5.32 Å². The number of amides is 1. The molecule has 5 nitrogen and oxygen atoms in total. The van der Waals surface area contributed by atoms with Crippen molar-refractivity contribution >= 4 is 33.0 Å². The van der Waals surface area contributed by atoms with Crippen molar-refractivity contribution in [3.63, 3.8) is 0 Å². The summed E-state index contributed by atoms with van der Waals surface area (Å²) < 4.78 is 21.9. The lowest BCUT2D eigenvalue weighted by Gasteiger charge is -2.05. The van der Waals surface area contributed by atoms with Gasteiger partial charge in [-0.15, -0.1) is 11.3 Å². The lowest BCUT2D eigenvalue weighted by atomic mass is 10.2. The van der Waals surface area contributed by atoms with Crippen LogP contribution in [0, 0.1) is 6.92 Å². The minimum Gasteiger partial charge on any atom is -0.321 e. The van der Waals surface area contributed by atoms with Gasteiger partial charge in [0.05, 0.1) is 10.6 Å². The summed E-state index contributed by atoms with van der Waals surface area (Å²) in [5, 5.41) is 7.72. The second-order valence-corrected chi connectivity index (χ2v) is 7.27. The Labute approximate surface area is 121 Å². The average Bonchev–Trinajstić information content (AvgIpc) is 2.77. The summed E-state index contributed by atoms with van der Waals surface area (Å²) in [5.41, 5.74) is 1.19. The standard InChI is InChI=1S/C13H14N2O3S2/c1-9-2-7-12(19-9)13(16)15-11-5-3-10(4-6-11)8-20(14,17)18/h2-7H,8H2,1H3,(H,15,16)(H2,14,17,18). The molecular formula is C13H14N2O3S2. The van der Waals surface area contributed by atoms with Gasteiger partial charge in [-0.25, -0.2) is 13.6 Å². The third-order valence-corrected chi connectivity index (χ3v) is 4.28. The second kappa shape index (κ2) is 5.74. The molecular weight excluding hydrogens is 296 g/mol. The van der Waals surface area contributed by atoms with Crippen LogP contribution in [0.5, 0.6) is 0 Å². The molecule has 0 spiro atoms. The van der Waals surface area contributed by atoms with Gasteiger partial charge >= 0.3 is 0 Å². The van der Waals surface area contributed by atoms with Gasteiger partial charge in [0, 0.05) is 10.6 Å². The summed E-state index contributed by atoms with van der Waals surface area (Å²) in [6.45, 7) is 1.93. The first-order chi connectivity index (χ1) is 9.33. The van der Waals surface area contributed by atoms with Crippen molar-refractivity contribution in [3.8, 4) is 0 Å². The predicted molar refractivity (Wildman–Crippen MR) is 80.3 cm³/mol. The van der Waals surface area contributed by atoms with Gasteiger partial charge in [0.1, 0.15) is 0 Å². The Balaban J connectivity index is 2.06. The highest BCUT2D eigenvalue weighted by atomic mass is 32.2. The molecule has 0 unspecified atom stereocenters. The highest BCUT2D eigenvalue weighted by Gasteiger charge is 2.09. The Hall–Kier alpha value is -1.70. The molecule has 106 valence electrons. The van der Waals surface area contributed by atoms with Crippen molar-refractivity contribution in [2.45, 2.75) is 12.7 Å². The van der Waals surface area contributed by atoms with Crippen LogP contribution in [0.1, 0.15) is 20.1 Å². The van der Waals surface area contributed by atoms with Gasteiger partial charge in [-0.3, -0.25) is 4.79 Å². The maximum absolute atomic E-state index is 11.9. The van der Waals surface area contributed by atoms with Gasteiger partial charge < -0.3 is 5.32 Å². The molecule has 3 N–H and O–H groups in total. The van der Waals surface area contributed by atoms with E-state index in [4.69, 9.17) is 5.14 Å². The molecule has 0 aliphatic heterocycles. The number of carbonyl (C=O) groups is 1. The number of anilines is 1. The third-order valence-electron chi connectivity index (χ3n) is 2.54. The number of sulfonamides is 1. The zero-order valence-electron chi connectivity index (χ0n) is 10.8. The summed E-state index contributed by atoms with van der Waals surface area (Å²) in [5.74, 6) is -0.395. The molecule has 0 saturated heterocycles. The lowest BCUT2D eigenvalue weighted by molar-refractivity contribution is 0.103. The smallest absolute Gasteiger partial charge is 0.265 e. The molecule has 0 radical (unpaired) electrons. The van der Waals surface area contributed by atoms with Crippen LogP contribution in [0.25, 0.3) is 0 Å². The summed E-state index contributed by atoms with van der Waals surface area (Å²) in [6.07, 6.45) is 0. The highest BCUT2D eigenvalue weighted by Crippen LogP contribution is 2.18. The van der Waals surface area contributed by atoms with Gasteiger partial charge in [0.25, 0.3) is 5.91 Å². The fourth-order valence-electron chi connectivity index (χ4n) is 1.67. The molecule has 1 heterocycles. The number of aryl methyl sites for hydroxylation is 1. The molecule has 0 fully saturated rings. The normalized spacial score (nSPS) is 11.3. The summed E-state index contributed by atoms with van der Waals surface area (Å²) in [7, 11) is -3.54. The second-order valence-electron chi connectivity index (χ2n) is 4.37. The Bertz CT molecular complexity index is 718. The van der Waals surface area contributed by atoms with Crippen molar-refractivity contribution in [2.24, 2.45) is 5.14 Å². The molecule has 0 aliphatic carbocycles. The topological polar surface area (TPSA) is 89.3 Å². The van der Waals surface area contributed by atoms with Crippen molar-refractivity contribution in [3.05, 3.63) is 51.7 Å². The van der Waals surface area contributed by atoms with Crippen LogP contribution in [0.4, 0.5) is 5.69 Å². The van der Waals surface area contributed by atoms with E-state index in [1.165, 1.54) is 11.3 Å². The number of carbonyl (C=O) groups excluding carboxylic acids is 1. The number of nitrogens with one attached hydrogen (secondary N) is 1. The number of hydrogen-bond acceptors (Lipinski definition) is 4. The monoisotopic (exact) mass is 310 g/mol. The molecule has 2 rings (SSSR count). The van der Waals surface area contributed by atoms with E-state index in [1.54, 1.807) is 30.3 Å². The molecule has 1 aromatic carbocycles. The van der Waals surface area contributed by atoms with Gasteiger partial charge in [-0.2, -0.15) is 0 Å². The van der Waals surface area contributed by atoms with Crippen LogP contribution < -0.4 is 10.5 Å². The first-order valence-electron chi connectivity index (χ1n) is 5.81.